The van der Waals surface area contributed by atoms with Crippen molar-refractivity contribution in [3.63, 3.8) is 0 Å². The van der Waals surface area contributed by atoms with Gasteiger partial charge in [-0.15, -0.1) is 0 Å². The molecule has 7 nitrogen and oxygen atoms in total. The van der Waals surface area contributed by atoms with Gasteiger partial charge in [-0.25, -0.2) is 0 Å². The molecule has 2 aromatic heterocycles. The SMILES string of the molecule is COc1ccc(-c2noc(-c3cccc(NC(=O)c4ccco4)c3)n2)cc1. The maximum Gasteiger partial charge on any atom is 0.291 e. The van der Waals surface area contributed by atoms with Crippen molar-refractivity contribution >= 4 is 11.6 Å². The molecule has 7 heteroatoms. The van der Waals surface area contributed by atoms with Gasteiger partial charge in [-0.05, 0) is 54.6 Å². The van der Waals surface area contributed by atoms with Crippen LogP contribution in [0.2, 0.25) is 0 Å². The van der Waals surface area contributed by atoms with Gasteiger partial charge in [0, 0.05) is 16.8 Å². The zero-order chi connectivity index (χ0) is 18.6. The first kappa shape index (κ1) is 16.6. The number of hydrogen-bond acceptors (Lipinski definition) is 6. The number of aromatic nitrogens is 2. The maximum atomic E-state index is 12.1. The van der Waals surface area contributed by atoms with Gasteiger partial charge in [-0.2, -0.15) is 4.98 Å². The molecule has 0 unspecified atom stereocenters. The van der Waals surface area contributed by atoms with Crippen molar-refractivity contribution in [2.75, 3.05) is 12.4 Å². The van der Waals surface area contributed by atoms with Gasteiger partial charge in [-0.3, -0.25) is 4.79 Å². The Morgan fingerprint density at radius 2 is 1.89 bits per heavy atom. The Bertz CT molecular complexity index is 1050. The molecular formula is C20H15N3O4. The lowest BCUT2D eigenvalue weighted by Crippen LogP contribution is -2.10. The van der Waals surface area contributed by atoms with Crippen molar-refractivity contribution < 1.29 is 18.5 Å². The summed E-state index contributed by atoms with van der Waals surface area (Å²) in [7, 11) is 1.61. The number of nitrogens with one attached hydrogen (secondary N) is 1. The minimum absolute atomic E-state index is 0.236. The van der Waals surface area contributed by atoms with E-state index in [0.717, 1.165) is 11.3 Å². The summed E-state index contributed by atoms with van der Waals surface area (Å²) < 4.78 is 15.6. The molecule has 0 bridgehead atoms. The quantitative estimate of drug-likeness (QED) is 0.571. The van der Waals surface area contributed by atoms with Crippen LogP contribution in [0.1, 0.15) is 10.6 Å². The molecule has 0 atom stereocenters. The number of furan rings is 1. The molecule has 27 heavy (non-hydrogen) atoms. The number of methoxy groups -OCH3 is 1. The summed E-state index contributed by atoms with van der Waals surface area (Å²) >= 11 is 0. The van der Waals surface area contributed by atoms with Crippen molar-refractivity contribution in [2.45, 2.75) is 0 Å². The van der Waals surface area contributed by atoms with Gasteiger partial charge in [0.15, 0.2) is 5.76 Å². The Morgan fingerprint density at radius 1 is 1.04 bits per heavy atom. The Kier molecular flexibility index (Phi) is 4.40. The van der Waals surface area contributed by atoms with Crippen molar-refractivity contribution in [2.24, 2.45) is 0 Å². The monoisotopic (exact) mass is 361 g/mol. The zero-order valence-corrected chi connectivity index (χ0v) is 14.4. The molecule has 4 aromatic rings. The van der Waals surface area contributed by atoms with E-state index in [1.54, 1.807) is 37.4 Å². The first-order valence-corrected chi connectivity index (χ1v) is 8.16. The van der Waals surface area contributed by atoms with E-state index in [0.29, 0.717) is 23.0 Å². The van der Waals surface area contributed by atoms with Gasteiger partial charge in [0.05, 0.1) is 13.4 Å². The largest absolute Gasteiger partial charge is 0.497 e. The second kappa shape index (κ2) is 7.17. The van der Waals surface area contributed by atoms with Crippen LogP contribution in [0.25, 0.3) is 22.8 Å². The molecule has 0 aliphatic heterocycles. The van der Waals surface area contributed by atoms with Gasteiger partial charge in [-0.1, -0.05) is 11.2 Å². The highest BCUT2D eigenvalue weighted by Crippen LogP contribution is 2.25. The van der Waals surface area contributed by atoms with E-state index in [4.69, 9.17) is 13.7 Å². The van der Waals surface area contributed by atoms with Crippen molar-refractivity contribution in [3.05, 3.63) is 72.7 Å². The van der Waals surface area contributed by atoms with E-state index in [1.165, 1.54) is 6.26 Å². The molecule has 0 aliphatic rings. The second-order valence-corrected chi connectivity index (χ2v) is 5.66. The van der Waals surface area contributed by atoms with E-state index < -0.39 is 0 Å². The third kappa shape index (κ3) is 3.57. The summed E-state index contributed by atoms with van der Waals surface area (Å²) in [6.07, 6.45) is 1.45. The fourth-order valence-electron chi connectivity index (χ4n) is 2.53. The van der Waals surface area contributed by atoms with Crippen molar-refractivity contribution in [3.8, 4) is 28.6 Å². The Morgan fingerprint density at radius 3 is 2.63 bits per heavy atom. The third-order valence-corrected chi connectivity index (χ3v) is 3.89. The molecule has 0 spiro atoms. The van der Waals surface area contributed by atoms with Crippen LogP contribution in [0.3, 0.4) is 0 Å². The number of nitrogens with zero attached hydrogens (tertiary/aromatic N) is 2. The maximum absolute atomic E-state index is 12.1. The van der Waals surface area contributed by atoms with E-state index in [-0.39, 0.29) is 11.7 Å². The number of carbonyl (C=O) groups is 1. The van der Waals surface area contributed by atoms with Crippen LogP contribution in [0.4, 0.5) is 5.69 Å². The summed E-state index contributed by atoms with van der Waals surface area (Å²) in [6.45, 7) is 0. The van der Waals surface area contributed by atoms with Crippen molar-refractivity contribution in [1.82, 2.24) is 10.1 Å². The smallest absolute Gasteiger partial charge is 0.291 e. The molecule has 2 heterocycles. The molecular weight excluding hydrogens is 346 g/mol. The van der Waals surface area contributed by atoms with Crippen LogP contribution >= 0.6 is 0 Å². The molecule has 0 fully saturated rings. The minimum Gasteiger partial charge on any atom is -0.497 e. The second-order valence-electron chi connectivity index (χ2n) is 5.66. The van der Waals surface area contributed by atoms with Crippen LogP contribution in [0.15, 0.2) is 75.9 Å². The summed E-state index contributed by atoms with van der Waals surface area (Å²) in [5, 5.41) is 6.79. The van der Waals surface area contributed by atoms with Crippen LogP contribution in [0, 0.1) is 0 Å². The molecule has 0 radical (unpaired) electrons. The number of rotatable bonds is 5. The Balaban J connectivity index is 1.55. The molecule has 0 aliphatic carbocycles. The van der Waals surface area contributed by atoms with E-state index >= 15 is 0 Å². The van der Waals surface area contributed by atoms with Crippen LogP contribution in [-0.4, -0.2) is 23.2 Å². The van der Waals surface area contributed by atoms with Crippen molar-refractivity contribution in [1.29, 1.82) is 0 Å². The number of anilines is 1. The lowest BCUT2D eigenvalue weighted by Gasteiger charge is -2.04. The molecule has 1 N–H and O–H groups in total. The van der Waals surface area contributed by atoms with Crippen LogP contribution in [0.5, 0.6) is 5.75 Å². The fourth-order valence-corrected chi connectivity index (χ4v) is 2.53. The lowest BCUT2D eigenvalue weighted by molar-refractivity contribution is 0.0996. The predicted octanol–water partition coefficient (Wildman–Crippen LogP) is 4.26. The number of benzene rings is 2. The average molecular weight is 361 g/mol. The first-order chi connectivity index (χ1) is 13.2. The molecule has 0 saturated heterocycles. The predicted molar refractivity (Wildman–Crippen MR) is 98.4 cm³/mol. The number of carbonyl (C=O) groups excluding carboxylic acids is 1. The molecule has 134 valence electrons. The minimum atomic E-state index is -0.332. The number of ether oxygens (including phenoxy) is 1. The highest BCUT2D eigenvalue weighted by atomic mass is 16.5. The summed E-state index contributed by atoms with van der Waals surface area (Å²) in [5.74, 6) is 1.48. The molecule has 0 saturated carbocycles. The topological polar surface area (TPSA) is 90.4 Å². The lowest BCUT2D eigenvalue weighted by atomic mass is 10.2. The average Bonchev–Trinajstić information content (AvgIpc) is 3.40. The Hall–Kier alpha value is -3.87. The van der Waals surface area contributed by atoms with Gasteiger partial charge in [0.1, 0.15) is 5.75 Å². The Labute approximate surface area is 154 Å². The summed E-state index contributed by atoms with van der Waals surface area (Å²) in [6, 6.07) is 17.8. The zero-order valence-electron chi connectivity index (χ0n) is 14.4. The van der Waals surface area contributed by atoms with Gasteiger partial charge < -0.3 is 19.0 Å². The first-order valence-electron chi connectivity index (χ1n) is 8.16. The van der Waals surface area contributed by atoms with Gasteiger partial charge in [0.25, 0.3) is 11.8 Å². The highest BCUT2D eigenvalue weighted by molar-refractivity contribution is 6.02. The number of amides is 1. The van der Waals surface area contributed by atoms with Crippen LogP contribution < -0.4 is 10.1 Å². The molecule has 4 rings (SSSR count). The molecule has 2 aromatic carbocycles. The summed E-state index contributed by atoms with van der Waals surface area (Å²) in [4.78, 5) is 16.5. The van der Waals surface area contributed by atoms with E-state index in [2.05, 4.69) is 15.5 Å². The van der Waals surface area contributed by atoms with E-state index in [9.17, 15) is 4.79 Å². The normalized spacial score (nSPS) is 10.6. The molecule has 1 amide bonds. The number of hydrogen-bond donors (Lipinski definition) is 1. The highest BCUT2D eigenvalue weighted by Gasteiger charge is 2.13. The van der Waals surface area contributed by atoms with Gasteiger partial charge >= 0.3 is 0 Å². The van der Waals surface area contributed by atoms with Gasteiger partial charge in [0.2, 0.25) is 5.82 Å². The van der Waals surface area contributed by atoms with E-state index in [1.807, 2.05) is 30.3 Å². The summed E-state index contributed by atoms with van der Waals surface area (Å²) in [5.41, 5.74) is 2.10. The standard InChI is InChI=1S/C20H15N3O4/c1-25-16-9-7-13(8-10-16)18-22-20(27-23-18)14-4-2-5-15(12-14)21-19(24)17-6-3-11-26-17/h2-12H,1H3,(H,21,24). The third-order valence-electron chi connectivity index (χ3n) is 3.89. The van der Waals surface area contributed by atoms with Crippen LogP contribution in [-0.2, 0) is 0 Å². The fraction of sp³-hybridized carbons (Fsp3) is 0.0500.